The normalized spacial score (nSPS) is 13.0. The number of benzene rings is 1. The largest absolute Gasteiger partial charge is 0.501 e. The number of hydrogen-bond acceptors (Lipinski definition) is 7. The fraction of sp³-hybridized carbons (Fsp3) is 0.190. The first-order valence-electron chi connectivity index (χ1n) is 9.62. The third-order valence-corrected chi connectivity index (χ3v) is 5.47. The minimum absolute atomic E-state index is 0.261. The molecule has 4 rings (SSSR count). The van der Waals surface area contributed by atoms with Gasteiger partial charge < -0.3 is 14.9 Å². The molecule has 0 saturated carbocycles. The highest BCUT2D eigenvalue weighted by Crippen LogP contribution is 2.36. The summed E-state index contributed by atoms with van der Waals surface area (Å²) in [6.45, 7) is 1.84. The van der Waals surface area contributed by atoms with E-state index in [4.69, 9.17) is 11.6 Å². The summed E-state index contributed by atoms with van der Waals surface area (Å²) in [5.74, 6) is -1.73. The van der Waals surface area contributed by atoms with Crippen LogP contribution >= 0.6 is 11.6 Å². The third kappa shape index (κ3) is 3.87. The molecule has 0 aliphatic rings. The summed E-state index contributed by atoms with van der Waals surface area (Å²) in [5.41, 5.74) is -0.134. The number of hydrogen-bond donors (Lipinski definition) is 2. The van der Waals surface area contributed by atoms with Crippen LogP contribution in [-0.4, -0.2) is 35.5 Å². The lowest BCUT2D eigenvalue weighted by Crippen LogP contribution is -2.30. The second-order valence-corrected chi connectivity index (χ2v) is 7.55. The molecule has 1 amide bonds. The zero-order chi connectivity index (χ0) is 22.8. The Labute approximate surface area is 187 Å². The first kappa shape index (κ1) is 21.3. The van der Waals surface area contributed by atoms with Crippen LogP contribution in [0.25, 0.3) is 0 Å². The van der Waals surface area contributed by atoms with Crippen LogP contribution in [-0.2, 0) is 7.05 Å². The maximum atomic E-state index is 12.7. The van der Waals surface area contributed by atoms with Gasteiger partial charge >= 0.3 is 0 Å². The van der Waals surface area contributed by atoms with Crippen molar-refractivity contribution in [3.8, 4) is 5.75 Å². The lowest BCUT2D eigenvalue weighted by Gasteiger charge is -2.27. The van der Waals surface area contributed by atoms with Gasteiger partial charge in [0.25, 0.3) is 11.5 Å². The van der Waals surface area contributed by atoms with Crippen LogP contribution in [0.15, 0.2) is 64.5 Å². The molecular weight excluding hydrogens is 436 g/mol. The monoisotopic (exact) mass is 454 g/mol. The van der Waals surface area contributed by atoms with Gasteiger partial charge in [0.1, 0.15) is 17.8 Å². The number of nitrogens with one attached hydrogen (secondary N) is 1. The van der Waals surface area contributed by atoms with Crippen LogP contribution in [0.3, 0.4) is 0 Å². The Morgan fingerprint density at radius 1 is 1.28 bits per heavy atom. The minimum Gasteiger partial charge on any atom is -0.501 e. The van der Waals surface area contributed by atoms with Crippen molar-refractivity contribution in [2.45, 2.75) is 18.9 Å². The van der Waals surface area contributed by atoms with Gasteiger partial charge in [-0.05, 0) is 17.7 Å². The highest BCUT2D eigenvalue weighted by atomic mass is 35.5. The summed E-state index contributed by atoms with van der Waals surface area (Å²) < 4.78 is 7.61. The van der Waals surface area contributed by atoms with E-state index in [0.717, 1.165) is 5.56 Å². The Balaban J connectivity index is 1.82. The van der Waals surface area contributed by atoms with E-state index in [1.165, 1.54) is 24.1 Å². The summed E-state index contributed by atoms with van der Waals surface area (Å²) in [4.78, 5) is 29.8. The summed E-state index contributed by atoms with van der Waals surface area (Å²) in [5, 5.41) is 21.2. The van der Waals surface area contributed by atoms with Gasteiger partial charge in [-0.25, -0.2) is 4.98 Å². The van der Waals surface area contributed by atoms with Crippen molar-refractivity contribution in [2.24, 2.45) is 7.05 Å². The van der Waals surface area contributed by atoms with E-state index in [1.807, 2.05) is 25.1 Å². The summed E-state index contributed by atoms with van der Waals surface area (Å²) in [7, 11) is 1.48. The molecule has 10 nitrogen and oxygen atoms in total. The van der Waals surface area contributed by atoms with Crippen LogP contribution in [0.1, 0.15) is 40.8 Å². The molecule has 11 heteroatoms. The molecule has 3 aromatic heterocycles. The van der Waals surface area contributed by atoms with Crippen molar-refractivity contribution in [3.05, 3.63) is 87.6 Å². The van der Waals surface area contributed by atoms with Crippen molar-refractivity contribution in [3.63, 3.8) is 0 Å². The standard InChI is InChI=1S/C21H19ClN6O4/c1-12(17(28-9-5-8-23-28)14-6-3-4-7-15(14)22)19-26-16(18(29)21(31)27(19)2)20(30)25-13-10-24-32-11-13/h3-12,17,29H,1-2H3,(H,25,30)/t12-,17+/m1/s1. The third-order valence-electron chi connectivity index (χ3n) is 5.12. The minimum atomic E-state index is -0.773. The number of anilines is 1. The Morgan fingerprint density at radius 2 is 2.06 bits per heavy atom. The molecule has 0 unspecified atom stereocenters. The zero-order valence-corrected chi connectivity index (χ0v) is 17.9. The number of aromatic hydroxyl groups is 1. The molecular formula is C21H19ClN6O4. The molecule has 0 saturated heterocycles. The van der Waals surface area contributed by atoms with E-state index < -0.39 is 34.9 Å². The molecule has 0 radical (unpaired) electrons. The first-order chi connectivity index (χ1) is 15.4. The van der Waals surface area contributed by atoms with Gasteiger partial charge in [0, 0.05) is 30.4 Å². The number of rotatable bonds is 6. The average molecular weight is 455 g/mol. The van der Waals surface area contributed by atoms with Crippen molar-refractivity contribution in [1.82, 2.24) is 24.5 Å². The van der Waals surface area contributed by atoms with Crippen LogP contribution in [0.2, 0.25) is 5.02 Å². The summed E-state index contributed by atoms with van der Waals surface area (Å²) in [6.07, 6.45) is 5.91. The number of carbonyl (C=O) groups excluding carboxylic acids is 1. The predicted octanol–water partition coefficient (Wildman–Crippen LogP) is 2.97. The Kier molecular flexibility index (Phi) is 5.78. The first-order valence-corrected chi connectivity index (χ1v) is 10.0. The van der Waals surface area contributed by atoms with E-state index >= 15 is 0 Å². The van der Waals surface area contributed by atoms with Gasteiger partial charge in [0.05, 0.1) is 12.2 Å². The van der Waals surface area contributed by atoms with Gasteiger partial charge in [0.15, 0.2) is 5.69 Å². The van der Waals surface area contributed by atoms with Crippen molar-refractivity contribution >= 4 is 23.2 Å². The van der Waals surface area contributed by atoms with Crippen molar-refractivity contribution in [1.29, 1.82) is 0 Å². The molecule has 0 aliphatic heterocycles. The molecule has 3 heterocycles. The highest BCUT2D eigenvalue weighted by molar-refractivity contribution is 6.31. The van der Waals surface area contributed by atoms with Gasteiger partial charge in [-0.3, -0.25) is 18.8 Å². The number of nitrogens with zero attached hydrogens (tertiary/aromatic N) is 5. The molecule has 2 N–H and O–H groups in total. The second kappa shape index (κ2) is 8.67. The molecule has 0 fully saturated rings. The number of amides is 1. The van der Waals surface area contributed by atoms with Gasteiger partial charge in [-0.2, -0.15) is 5.10 Å². The van der Waals surface area contributed by atoms with E-state index in [2.05, 4.69) is 25.1 Å². The van der Waals surface area contributed by atoms with Crippen LogP contribution < -0.4 is 10.9 Å². The smallest absolute Gasteiger partial charge is 0.296 e. The fourth-order valence-corrected chi connectivity index (χ4v) is 3.82. The van der Waals surface area contributed by atoms with Crippen LogP contribution in [0.4, 0.5) is 5.69 Å². The topological polar surface area (TPSA) is 128 Å². The number of aromatic nitrogens is 5. The van der Waals surface area contributed by atoms with Crippen LogP contribution in [0, 0.1) is 0 Å². The predicted molar refractivity (Wildman–Crippen MR) is 116 cm³/mol. The highest BCUT2D eigenvalue weighted by Gasteiger charge is 2.30. The van der Waals surface area contributed by atoms with E-state index in [-0.39, 0.29) is 11.5 Å². The number of halogens is 1. The molecule has 4 aromatic rings. The zero-order valence-electron chi connectivity index (χ0n) is 17.1. The van der Waals surface area contributed by atoms with Crippen LogP contribution in [0.5, 0.6) is 5.75 Å². The molecule has 0 bridgehead atoms. The van der Waals surface area contributed by atoms with E-state index in [0.29, 0.717) is 5.02 Å². The van der Waals surface area contributed by atoms with Gasteiger partial charge in [-0.15, -0.1) is 0 Å². The average Bonchev–Trinajstić information content (AvgIpc) is 3.48. The Bertz CT molecular complexity index is 1300. The van der Waals surface area contributed by atoms with Crippen molar-refractivity contribution in [2.75, 3.05) is 5.32 Å². The Hall–Kier alpha value is -3.92. The lowest BCUT2D eigenvalue weighted by molar-refractivity contribution is 0.101. The molecule has 1 aromatic carbocycles. The molecule has 32 heavy (non-hydrogen) atoms. The van der Waals surface area contributed by atoms with Gasteiger partial charge in [0.2, 0.25) is 5.75 Å². The maximum absolute atomic E-state index is 12.7. The maximum Gasteiger partial charge on any atom is 0.296 e. The fourth-order valence-electron chi connectivity index (χ4n) is 3.57. The SMILES string of the molecule is C[C@@H](c1nc(C(=O)Nc2cnoc2)c(O)c(=O)n1C)[C@@H](c1ccccc1Cl)n1cccn1. The lowest BCUT2D eigenvalue weighted by atomic mass is 9.93. The molecule has 164 valence electrons. The summed E-state index contributed by atoms with van der Waals surface area (Å²) >= 11 is 6.48. The van der Waals surface area contributed by atoms with Crippen molar-refractivity contribution < 1.29 is 14.4 Å². The summed E-state index contributed by atoms with van der Waals surface area (Å²) in [6, 6.07) is 8.64. The van der Waals surface area contributed by atoms with E-state index in [1.54, 1.807) is 29.2 Å². The molecule has 0 spiro atoms. The van der Waals surface area contributed by atoms with Gasteiger partial charge in [-0.1, -0.05) is 41.9 Å². The quantitative estimate of drug-likeness (QED) is 0.458. The molecule has 0 aliphatic carbocycles. The molecule has 2 atom stereocenters. The van der Waals surface area contributed by atoms with E-state index in [9.17, 15) is 14.7 Å². The number of carbonyl (C=O) groups is 1. The Morgan fingerprint density at radius 3 is 2.72 bits per heavy atom. The second-order valence-electron chi connectivity index (χ2n) is 7.14.